The Hall–Kier alpha value is -3.14. The van der Waals surface area contributed by atoms with Crippen molar-refractivity contribution in [1.29, 1.82) is 0 Å². The van der Waals surface area contributed by atoms with Crippen molar-refractivity contribution in [2.75, 3.05) is 0 Å². The van der Waals surface area contributed by atoms with E-state index in [0.29, 0.717) is 41.0 Å². The highest BCUT2D eigenvalue weighted by Gasteiger charge is 2.21. The molecule has 11 heteroatoms. The second-order valence-electron chi connectivity index (χ2n) is 8.43. The highest BCUT2D eigenvalue weighted by atomic mass is 79.9. The zero-order valence-electron chi connectivity index (χ0n) is 20.1. The third-order valence-electron chi connectivity index (χ3n) is 5.81. The van der Waals surface area contributed by atoms with E-state index in [-0.39, 0.29) is 22.0 Å². The number of amides is 1. The summed E-state index contributed by atoms with van der Waals surface area (Å²) < 4.78 is 6.84. The number of carbonyl (C=O) groups excluding carboxylic acids is 2. The molecule has 4 aromatic carbocycles. The van der Waals surface area contributed by atoms with Crippen molar-refractivity contribution < 1.29 is 14.3 Å². The van der Waals surface area contributed by atoms with Crippen LogP contribution in [0.2, 0.25) is 15.1 Å². The Morgan fingerprint density at radius 3 is 2.38 bits per heavy atom. The summed E-state index contributed by atoms with van der Waals surface area (Å²) in [5.74, 6) is -0.960. The van der Waals surface area contributed by atoms with Crippen molar-refractivity contribution in [1.82, 2.24) is 10.4 Å². The van der Waals surface area contributed by atoms with Crippen LogP contribution in [0.3, 0.4) is 0 Å². The van der Waals surface area contributed by atoms with E-state index in [4.69, 9.17) is 39.5 Å². The van der Waals surface area contributed by atoms with Gasteiger partial charge >= 0.3 is 5.97 Å². The third-order valence-corrected chi connectivity index (χ3v) is 7.70. The van der Waals surface area contributed by atoms with Crippen LogP contribution in [0.15, 0.2) is 92.9 Å². The van der Waals surface area contributed by atoms with Crippen molar-refractivity contribution in [3.8, 4) is 16.9 Å². The molecule has 200 valence electrons. The summed E-state index contributed by atoms with van der Waals surface area (Å²) in [6, 6.07) is 22.7. The molecule has 0 fully saturated rings. The molecule has 0 bridgehead atoms. The van der Waals surface area contributed by atoms with Gasteiger partial charge in [-0.15, -0.1) is 0 Å². The highest BCUT2D eigenvalue weighted by Crippen LogP contribution is 2.38. The van der Waals surface area contributed by atoms with Crippen LogP contribution in [-0.2, 0) is 0 Å². The molecule has 5 rings (SSSR count). The van der Waals surface area contributed by atoms with Crippen LogP contribution in [0, 0.1) is 0 Å². The van der Waals surface area contributed by atoms with E-state index >= 15 is 0 Å². The highest BCUT2D eigenvalue weighted by molar-refractivity contribution is 9.11. The summed E-state index contributed by atoms with van der Waals surface area (Å²) in [4.78, 5) is 29.3. The lowest BCUT2D eigenvalue weighted by Gasteiger charge is -2.11. The number of hydrazone groups is 1. The van der Waals surface area contributed by atoms with Gasteiger partial charge in [0.25, 0.3) is 5.91 Å². The topological polar surface area (TPSA) is 83.5 Å². The van der Waals surface area contributed by atoms with Gasteiger partial charge in [-0.3, -0.25) is 4.79 Å². The Morgan fingerprint density at radius 2 is 1.62 bits per heavy atom. The van der Waals surface area contributed by atoms with Crippen LogP contribution < -0.4 is 10.2 Å². The standard InChI is InChI=1S/C29H16Br2Cl3N3O3/c30-17-10-16(27(21(31)11-17)40-29(39)19-8-4-5-9-22(19)33)14-35-37-28(38)26-24(15-6-2-1-3-7-15)20-12-18(32)13-23(34)25(20)36-26/h1-14,36H,(H,37,38). The lowest BCUT2D eigenvalue weighted by atomic mass is 10.0. The Bertz CT molecular complexity index is 1810. The summed E-state index contributed by atoms with van der Waals surface area (Å²) >= 11 is 25.7. The molecule has 0 unspecified atom stereocenters. The maximum Gasteiger partial charge on any atom is 0.345 e. The molecule has 0 radical (unpaired) electrons. The number of aromatic nitrogens is 1. The summed E-state index contributed by atoms with van der Waals surface area (Å²) in [5, 5.41) is 5.92. The first kappa shape index (κ1) is 28.4. The molecule has 2 N–H and O–H groups in total. The normalized spacial score (nSPS) is 11.2. The van der Waals surface area contributed by atoms with Crippen molar-refractivity contribution >= 4 is 95.7 Å². The molecule has 5 aromatic rings. The summed E-state index contributed by atoms with van der Waals surface area (Å²) in [6.07, 6.45) is 1.37. The Kier molecular flexibility index (Phi) is 8.63. The maximum atomic E-state index is 13.4. The Balaban J connectivity index is 1.47. The molecule has 0 aliphatic heterocycles. The van der Waals surface area contributed by atoms with Crippen molar-refractivity contribution in [2.45, 2.75) is 0 Å². The second-order valence-corrected chi connectivity index (χ2v) is 11.4. The monoisotopic (exact) mass is 717 g/mol. The number of rotatable bonds is 6. The van der Waals surface area contributed by atoms with E-state index in [1.165, 1.54) is 6.21 Å². The first-order valence-corrected chi connectivity index (χ1v) is 14.3. The van der Waals surface area contributed by atoms with Gasteiger partial charge < -0.3 is 9.72 Å². The molecule has 6 nitrogen and oxygen atoms in total. The quantitative estimate of drug-likeness (QED) is 0.0794. The molecule has 0 aliphatic carbocycles. The maximum absolute atomic E-state index is 13.4. The molecule has 0 saturated heterocycles. The van der Waals surface area contributed by atoms with E-state index in [9.17, 15) is 9.59 Å². The minimum atomic E-state index is -0.645. The number of ether oxygens (including phenoxy) is 1. The largest absolute Gasteiger partial charge is 0.421 e. The number of H-pyrrole nitrogens is 1. The molecular weight excluding hydrogens is 705 g/mol. The predicted molar refractivity (Wildman–Crippen MR) is 167 cm³/mol. The number of hydrogen-bond donors (Lipinski definition) is 2. The molecule has 0 aliphatic rings. The predicted octanol–water partition coefficient (Wildman–Crippen LogP) is 9.30. The Morgan fingerprint density at radius 1 is 0.900 bits per heavy atom. The summed E-state index contributed by atoms with van der Waals surface area (Å²) in [7, 11) is 0. The van der Waals surface area contributed by atoms with Crippen LogP contribution in [0.4, 0.5) is 0 Å². The fraction of sp³-hybridized carbons (Fsp3) is 0. The van der Waals surface area contributed by atoms with Crippen molar-refractivity contribution in [3.63, 3.8) is 0 Å². The molecule has 1 aromatic heterocycles. The fourth-order valence-electron chi connectivity index (χ4n) is 4.07. The Labute approximate surface area is 260 Å². The van der Waals surface area contributed by atoms with Gasteiger partial charge in [0.05, 0.1) is 31.8 Å². The number of nitrogens with zero attached hydrogens (tertiary/aromatic N) is 1. The molecule has 40 heavy (non-hydrogen) atoms. The van der Waals surface area contributed by atoms with Crippen LogP contribution >= 0.6 is 66.7 Å². The lowest BCUT2D eigenvalue weighted by Crippen LogP contribution is -2.19. The van der Waals surface area contributed by atoms with Gasteiger partial charge in [0.15, 0.2) is 5.75 Å². The number of carbonyl (C=O) groups is 2. The third kappa shape index (κ3) is 5.96. The second kappa shape index (κ2) is 12.2. The molecule has 0 saturated carbocycles. The fourth-order valence-corrected chi connectivity index (χ4v) is 6.16. The number of halogens is 5. The first-order valence-electron chi connectivity index (χ1n) is 11.6. The molecule has 1 amide bonds. The average molecular weight is 721 g/mol. The number of hydrogen-bond acceptors (Lipinski definition) is 4. The molecular formula is C29H16Br2Cl3N3O3. The van der Waals surface area contributed by atoms with Gasteiger partial charge in [-0.1, -0.05) is 93.2 Å². The number of esters is 1. The number of aromatic amines is 1. The van der Waals surface area contributed by atoms with E-state index < -0.39 is 11.9 Å². The van der Waals surface area contributed by atoms with Crippen molar-refractivity contribution in [3.05, 3.63) is 120 Å². The number of nitrogens with one attached hydrogen (secondary N) is 2. The van der Waals surface area contributed by atoms with Gasteiger partial charge in [0.1, 0.15) is 5.69 Å². The number of fused-ring (bicyclic) bond motifs is 1. The lowest BCUT2D eigenvalue weighted by molar-refractivity contribution is 0.0733. The molecule has 0 atom stereocenters. The van der Waals surface area contributed by atoms with E-state index in [1.54, 1.807) is 48.5 Å². The van der Waals surface area contributed by atoms with Gasteiger partial charge in [0.2, 0.25) is 0 Å². The van der Waals surface area contributed by atoms with Gasteiger partial charge in [-0.05, 0) is 57.9 Å². The summed E-state index contributed by atoms with van der Waals surface area (Å²) in [5.41, 5.74) is 5.42. The zero-order chi connectivity index (χ0) is 28.4. The molecule has 0 spiro atoms. The van der Waals surface area contributed by atoms with Crippen molar-refractivity contribution in [2.24, 2.45) is 5.10 Å². The van der Waals surface area contributed by atoms with E-state index in [2.05, 4.69) is 47.4 Å². The van der Waals surface area contributed by atoms with Gasteiger partial charge in [-0.25, -0.2) is 10.2 Å². The van der Waals surface area contributed by atoms with Crippen LogP contribution in [-0.4, -0.2) is 23.1 Å². The van der Waals surface area contributed by atoms with E-state index in [0.717, 1.165) is 5.56 Å². The minimum absolute atomic E-state index is 0.197. The smallest absolute Gasteiger partial charge is 0.345 e. The SMILES string of the molecule is O=C(Oc1c(Br)cc(Br)cc1C=NNC(=O)c1[nH]c2c(Cl)cc(Cl)cc2c1-c1ccccc1)c1ccccc1Cl. The zero-order valence-corrected chi connectivity index (χ0v) is 25.6. The minimum Gasteiger partial charge on any atom is -0.421 e. The average Bonchev–Trinajstić information content (AvgIpc) is 3.31. The molecule has 1 heterocycles. The van der Waals surface area contributed by atoms with Gasteiger partial charge in [-0.2, -0.15) is 5.10 Å². The number of benzene rings is 4. The van der Waals surface area contributed by atoms with Gasteiger partial charge in [0, 0.05) is 26.0 Å². The summed E-state index contributed by atoms with van der Waals surface area (Å²) in [6.45, 7) is 0. The van der Waals surface area contributed by atoms with Crippen LogP contribution in [0.1, 0.15) is 26.4 Å². The van der Waals surface area contributed by atoms with E-state index in [1.807, 2.05) is 30.3 Å². The van der Waals surface area contributed by atoms with Crippen LogP contribution in [0.5, 0.6) is 5.75 Å². The first-order chi connectivity index (χ1) is 19.2. The van der Waals surface area contributed by atoms with Crippen LogP contribution in [0.25, 0.3) is 22.0 Å².